The van der Waals surface area contributed by atoms with Gasteiger partial charge in [-0.1, -0.05) is 27.7 Å². The Kier molecular flexibility index (Phi) is 6.38. The van der Waals surface area contributed by atoms with Crippen molar-refractivity contribution in [3.05, 3.63) is 0 Å². The van der Waals surface area contributed by atoms with E-state index in [1.54, 1.807) is 0 Å². The van der Waals surface area contributed by atoms with E-state index in [0.29, 0.717) is 6.04 Å². The van der Waals surface area contributed by atoms with E-state index < -0.39 is 0 Å². The van der Waals surface area contributed by atoms with E-state index in [1.807, 2.05) is 0 Å². The van der Waals surface area contributed by atoms with Crippen LogP contribution in [0, 0.1) is 11.3 Å². The highest BCUT2D eigenvalue weighted by atomic mass is 16.3. The van der Waals surface area contributed by atoms with Crippen molar-refractivity contribution < 1.29 is 5.11 Å². The van der Waals surface area contributed by atoms with Crippen molar-refractivity contribution in [1.29, 1.82) is 0 Å². The second-order valence-corrected chi connectivity index (χ2v) is 5.55. The minimum Gasteiger partial charge on any atom is -0.396 e. The molecule has 0 aromatic heterocycles. The molecular formula is C12H27NO. The Bertz CT molecular complexity index is 143. The van der Waals surface area contributed by atoms with E-state index in [-0.39, 0.29) is 12.0 Å². The largest absolute Gasteiger partial charge is 0.396 e. The summed E-state index contributed by atoms with van der Waals surface area (Å²) in [6.07, 6.45) is 2.09. The van der Waals surface area contributed by atoms with Crippen LogP contribution in [0.2, 0.25) is 0 Å². The first-order valence-corrected chi connectivity index (χ1v) is 5.71. The predicted molar refractivity (Wildman–Crippen MR) is 62.4 cm³/mol. The van der Waals surface area contributed by atoms with E-state index in [0.717, 1.165) is 18.9 Å². The molecule has 0 radical (unpaired) electrons. The van der Waals surface area contributed by atoms with Gasteiger partial charge in [0.05, 0.1) is 0 Å². The van der Waals surface area contributed by atoms with Crippen molar-refractivity contribution in [2.45, 2.75) is 53.5 Å². The second-order valence-electron chi connectivity index (χ2n) is 5.55. The molecule has 14 heavy (non-hydrogen) atoms. The minimum absolute atomic E-state index is 0.208. The molecular weight excluding hydrogens is 174 g/mol. The van der Waals surface area contributed by atoms with Crippen molar-refractivity contribution in [2.75, 3.05) is 13.2 Å². The monoisotopic (exact) mass is 201 g/mol. The Hall–Kier alpha value is -0.0800. The van der Waals surface area contributed by atoms with Crippen LogP contribution in [0.1, 0.15) is 47.5 Å². The zero-order valence-corrected chi connectivity index (χ0v) is 10.4. The molecule has 0 spiro atoms. The molecule has 0 saturated carbocycles. The van der Waals surface area contributed by atoms with E-state index in [9.17, 15) is 0 Å². The molecule has 0 bridgehead atoms. The summed E-state index contributed by atoms with van der Waals surface area (Å²) in [7, 11) is 0. The number of hydrogen-bond acceptors (Lipinski definition) is 2. The molecule has 86 valence electrons. The molecule has 0 saturated heterocycles. The molecule has 0 amide bonds. The van der Waals surface area contributed by atoms with Crippen LogP contribution in [0.15, 0.2) is 0 Å². The first-order valence-electron chi connectivity index (χ1n) is 5.71. The number of aliphatic hydroxyl groups excluding tert-OH is 1. The van der Waals surface area contributed by atoms with Crippen molar-refractivity contribution in [3.63, 3.8) is 0 Å². The van der Waals surface area contributed by atoms with Gasteiger partial charge in [-0.2, -0.15) is 0 Å². The molecule has 0 heterocycles. The van der Waals surface area contributed by atoms with Gasteiger partial charge in [-0.3, -0.25) is 0 Å². The Morgan fingerprint density at radius 1 is 1.21 bits per heavy atom. The molecule has 0 fully saturated rings. The average molecular weight is 201 g/mol. The van der Waals surface area contributed by atoms with Crippen molar-refractivity contribution in [3.8, 4) is 0 Å². The first-order chi connectivity index (χ1) is 6.37. The Morgan fingerprint density at radius 2 is 1.79 bits per heavy atom. The van der Waals surface area contributed by atoms with Gasteiger partial charge in [0.25, 0.3) is 0 Å². The summed E-state index contributed by atoms with van der Waals surface area (Å²) in [6.45, 7) is 12.4. The summed E-state index contributed by atoms with van der Waals surface area (Å²) in [5, 5.41) is 12.4. The summed E-state index contributed by atoms with van der Waals surface area (Å²) in [4.78, 5) is 0. The predicted octanol–water partition coefficient (Wildman–Crippen LogP) is 2.42. The quantitative estimate of drug-likeness (QED) is 0.663. The Balaban J connectivity index is 3.69. The molecule has 1 unspecified atom stereocenters. The third-order valence-corrected chi connectivity index (χ3v) is 2.54. The SMILES string of the molecule is CC(C)CC(C)NCC(C)(C)CCO. The lowest BCUT2D eigenvalue weighted by Crippen LogP contribution is -2.36. The van der Waals surface area contributed by atoms with Gasteiger partial charge in [0.15, 0.2) is 0 Å². The average Bonchev–Trinajstić information content (AvgIpc) is 2.00. The lowest BCUT2D eigenvalue weighted by atomic mass is 9.89. The molecule has 0 aliphatic carbocycles. The maximum atomic E-state index is 8.88. The van der Waals surface area contributed by atoms with Gasteiger partial charge in [-0.25, -0.2) is 0 Å². The van der Waals surface area contributed by atoms with Crippen LogP contribution in [0.3, 0.4) is 0 Å². The normalized spacial score (nSPS) is 14.8. The summed E-state index contributed by atoms with van der Waals surface area (Å²) >= 11 is 0. The smallest absolute Gasteiger partial charge is 0.0436 e. The zero-order valence-electron chi connectivity index (χ0n) is 10.4. The summed E-state index contributed by atoms with van der Waals surface area (Å²) < 4.78 is 0. The van der Waals surface area contributed by atoms with E-state index >= 15 is 0 Å². The molecule has 0 rings (SSSR count). The molecule has 2 N–H and O–H groups in total. The van der Waals surface area contributed by atoms with E-state index in [1.165, 1.54) is 6.42 Å². The first kappa shape index (κ1) is 13.9. The molecule has 2 nitrogen and oxygen atoms in total. The number of hydrogen-bond donors (Lipinski definition) is 2. The number of rotatable bonds is 7. The van der Waals surface area contributed by atoms with Crippen molar-refractivity contribution in [2.24, 2.45) is 11.3 Å². The molecule has 2 heteroatoms. The summed E-state index contributed by atoms with van der Waals surface area (Å²) in [5.41, 5.74) is 0.208. The molecule has 0 aliphatic heterocycles. The lowest BCUT2D eigenvalue weighted by molar-refractivity contribution is 0.201. The molecule has 0 aromatic carbocycles. The van der Waals surface area contributed by atoms with Crippen LogP contribution >= 0.6 is 0 Å². The zero-order chi connectivity index (χ0) is 11.2. The van der Waals surface area contributed by atoms with Crippen molar-refractivity contribution in [1.82, 2.24) is 5.32 Å². The van der Waals surface area contributed by atoms with Crippen LogP contribution in [0.25, 0.3) is 0 Å². The number of aliphatic hydroxyl groups is 1. The standard InChI is InChI=1S/C12H27NO/c1-10(2)8-11(3)13-9-12(4,5)6-7-14/h10-11,13-14H,6-9H2,1-5H3. The second kappa shape index (κ2) is 6.41. The fraction of sp³-hybridized carbons (Fsp3) is 1.00. The lowest BCUT2D eigenvalue weighted by Gasteiger charge is -2.27. The minimum atomic E-state index is 0.208. The highest BCUT2D eigenvalue weighted by Crippen LogP contribution is 2.18. The Morgan fingerprint density at radius 3 is 2.21 bits per heavy atom. The van der Waals surface area contributed by atoms with Crippen LogP contribution in [-0.4, -0.2) is 24.3 Å². The molecule has 0 aliphatic rings. The van der Waals surface area contributed by atoms with Gasteiger partial charge in [-0.05, 0) is 31.1 Å². The summed E-state index contributed by atoms with van der Waals surface area (Å²) in [6, 6.07) is 0.577. The van der Waals surface area contributed by atoms with Crippen LogP contribution in [-0.2, 0) is 0 Å². The third kappa shape index (κ3) is 7.34. The van der Waals surface area contributed by atoms with Crippen LogP contribution < -0.4 is 5.32 Å². The van der Waals surface area contributed by atoms with Gasteiger partial charge < -0.3 is 10.4 Å². The van der Waals surface area contributed by atoms with E-state index in [4.69, 9.17) is 5.11 Å². The highest BCUT2D eigenvalue weighted by molar-refractivity contribution is 4.73. The van der Waals surface area contributed by atoms with Crippen LogP contribution in [0.4, 0.5) is 0 Å². The maximum Gasteiger partial charge on any atom is 0.0436 e. The topological polar surface area (TPSA) is 32.3 Å². The fourth-order valence-electron chi connectivity index (χ4n) is 1.63. The maximum absolute atomic E-state index is 8.88. The van der Waals surface area contributed by atoms with Gasteiger partial charge in [0, 0.05) is 19.2 Å². The molecule has 1 atom stereocenters. The van der Waals surface area contributed by atoms with E-state index in [2.05, 4.69) is 39.9 Å². The van der Waals surface area contributed by atoms with Gasteiger partial charge >= 0.3 is 0 Å². The van der Waals surface area contributed by atoms with Gasteiger partial charge in [0.1, 0.15) is 0 Å². The molecule has 0 aromatic rings. The highest BCUT2D eigenvalue weighted by Gasteiger charge is 2.17. The van der Waals surface area contributed by atoms with Crippen LogP contribution in [0.5, 0.6) is 0 Å². The Labute approximate surface area is 89.1 Å². The van der Waals surface area contributed by atoms with Gasteiger partial charge in [0.2, 0.25) is 0 Å². The number of nitrogens with one attached hydrogen (secondary N) is 1. The fourth-order valence-corrected chi connectivity index (χ4v) is 1.63. The van der Waals surface area contributed by atoms with Gasteiger partial charge in [-0.15, -0.1) is 0 Å². The third-order valence-electron chi connectivity index (χ3n) is 2.54. The van der Waals surface area contributed by atoms with Crippen molar-refractivity contribution >= 4 is 0 Å². The summed E-state index contributed by atoms with van der Waals surface area (Å²) in [5.74, 6) is 0.749.